The van der Waals surface area contributed by atoms with Gasteiger partial charge in [-0.3, -0.25) is 0 Å². The second kappa shape index (κ2) is 9.43. The average molecular weight is 487 g/mol. The second-order valence-corrected chi connectivity index (χ2v) is 10.8. The number of ether oxygens (including phenoxy) is 2. The molecule has 2 aliphatic rings. The number of carbonyl (C=O) groups excluding carboxylic acids is 2. The quantitative estimate of drug-likeness (QED) is 0.636. The number of nitrogens with one attached hydrogen (secondary N) is 1. The number of fused-ring (bicyclic) bond motifs is 1. The summed E-state index contributed by atoms with van der Waals surface area (Å²) in [6.07, 6.45) is 3.60. The zero-order valence-corrected chi connectivity index (χ0v) is 19.6. The molecule has 7 heteroatoms. The van der Waals surface area contributed by atoms with E-state index in [1.165, 1.54) is 0 Å². The SMILES string of the molecule is CCC(=O)NC1([Se]c2ccccc2)Cc2ccc(OC3CCCCO3)cc2N(C)C1=O. The first-order valence-electron chi connectivity index (χ1n) is 10.7. The maximum atomic E-state index is 13.6. The summed E-state index contributed by atoms with van der Waals surface area (Å²) in [6, 6.07) is 15.8. The van der Waals surface area contributed by atoms with E-state index in [1.807, 2.05) is 48.5 Å². The summed E-state index contributed by atoms with van der Waals surface area (Å²) in [5, 5.41) is 3.08. The van der Waals surface area contributed by atoms with Gasteiger partial charge in [0.05, 0.1) is 0 Å². The van der Waals surface area contributed by atoms with Crippen LogP contribution in [0, 0.1) is 0 Å². The Balaban J connectivity index is 1.64. The van der Waals surface area contributed by atoms with E-state index in [0.29, 0.717) is 18.6 Å². The molecule has 164 valence electrons. The van der Waals surface area contributed by atoms with Crippen LogP contribution in [0.3, 0.4) is 0 Å². The monoisotopic (exact) mass is 488 g/mol. The number of rotatable bonds is 6. The zero-order valence-electron chi connectivity index (χ0n) is 17.9. The van der Waals surface area contributed by atoms with Crippen LogP contribution in [0.5, 0.6) is 5.75 Å². The Morgan fingerprint density at radius 3 is 2.77 bits per heavy atom. The predicted molar refractivity (Wildman–Crippen MR) is 121 cm³/mol. The van der Waals surface area contributed by atoms with E-state index in [9.17, 15) is 9.59 Å². The number of nitrogens with zero attached hydrogens (tertiary/aromatic N) is 1. The first kappa shape index (κ1) is 21.9. The Labute approximate surface area is 189 Å². The molecule has 2 atom stereocenters. The zero-order chi connectivity index (χ0) is 21.8. The van der Waals surface area contributed by atoms with E-state index in [4.69, 9.17) is 9.47 Å². The molecule has 0 bridgehead atoms. The van der Waals surface area contributed by atoms with Gasteiger partial charge in [0.15, 0.2) is 0 Å². The third-order valence-corrected chi connectivity index (χ3v) is 8.29. The van der Waals surface area contributed by atoms with Crippen molar-refractivity contribution in [2.75, 3.05) is 18.6 Å². The van der Waals surface area contributed by atoms with Gasteiger partial charge in [-0.1, -0.05) is 0 Å². The van der Waals surface area contributed by atoms with Crippen LogP contribution in [0.15, 0.2) is 48.5 Å². The topological polar surface area (TPSA) is 67.9 Å². The number of carbonyl (C=O) groups is 2. The Kier molecular flexibility index (Phi) is 6.65. The normalized spacial score (nSPS) is 23.2. The van der Waals surface area contributed by atoms with Crippen LogP contribution in [0.2, 0.25) is 0 Å². The van der Waals surface area contributed by atoms with E-state index in [2.05, 4.69) is 5.32 Å². The van der Waals surface area contributed by atoms with Gasteiger partial charge in [-0.05, 0) is 0 Å². The molecule has 2 aromatic rings. The molecule has 6 nitrogen and oxygen atoms in total. The summed E-state index contributed by atoms with van der Waals surface area (Å²) >= 11 is -0.271. The number of hydrogen-bond donors (Lipinski definition) is 1. The summed E-state index contributed by atoms with van der Waals surface area (Å²) in [4.78, 5) is 27.7. The molecule has 1 saturated heterocycles. The van der Waals surface area contributed by atoms with Crippen molar-refractivity contribution in [3.05, 3.63) is 54.1 Å². The molecule has 2 heterocycles. The van der Waals surface area contributed by atoms with Crippen molar-refractivity contribution in [1.29, 1.82) is 0 Å². The minimum atomic E-state index is -0.946. The minimum absolute atomic E-state index is 0.0864. The van der Waals surface area contributed by atoms with Crippen LogP contribution >= 0.6 is 0 Å². The van der Waals surface area contributed by atoms with Crippen molar-refractivity contribution >= 4 is 36.9 Å². The summed E-state index contributed by atoms with van der Waals surface area (Å²) in [5.74, 6) is 0.498. The number of benzene rings is 2. The van der Waals surface area contributed by atoms with Crippen molar-refractivity contribution in [3.8, 4) is 5.75 Å². The Morgan fingerprint density at radius 2 is 2.06 bits per heavy atom. The standard InChI is InChI=1S/C24H28N2O4Se/c1-3-21(27)25-24(31-19-9-5-4-6-10-19)16-17-12-13-18(15-20(17)26(2)23(24)28)30-22-11-7-8-14-29-22/h4-6,9-10,12-13,15,22H,3,7-8,11,14,16H2,1-2H3,(H,25,27). The van der Waals surface area contributed by atoms with Crippen molar-refractivity contribution in [2.24, 2.45) is 0 Å². The Hall–Kier alpha value is -2.34. The molecule has 2 amide bonds. The fourth-order valence-corrected chi connectivity index (χ4v) is 6.72. The summed E-state index contributed by atoms with van der Waals surface area (Å²) in [6.45, 7) is 2.52. The van der Waals surface area contributed by atoms with Gasteiger partial charge in [-0.2, -0.15) is 0 Å². The van der Waals surface area contributed by atoms with Crippen LogP contribution in [-0.2, 0) is 20.7 Å². The molecule has 0 aromatic heterocycles. The van der Waals surface area contributed by atoms with Crippen molar-refractivity contribution in [3.63, 3.8) is 0 Å². The average Bonchev–Trinajstić information content (AvgIpc) is 2.79. The summed E-state index contributed by atoms with van der Waals surface area (Å²) in [7, 11) is 1.77. The first-order chi connectivity index (χ1) is 15.0. The molecule has 4 rings (SSSR count). The van der Waals surface area contributed by atoms with E-state index >= 15 is 0 Å². The third kappa shape index (κ3) is 4.79. The molecule has 0 saturated carbocycles. The van der Waals surface area contributed by atoms with E-state index < -0.39 is 4.44 Å². The van der Waals surface area contributed by atoms with Crippen molar-refractivity contribution in [1.82, 2.24) is 5.32 Å². The van der Waals surface area contributed by atoms with Crippen molar-refractivity contribution in [2.45, 2.75) is 49.8 Å². The summed E-state index contributed by atoms with van der Waals surface area (Å²) < 4.78 is 11.8. The molecular weight excluding hydrogens is 459 g/mol. The van der Waals surface area contributed by atoms with E-state index in [0.717, 1.165) is 41.6 Å². The molecular formula is C24H28N2O4Se. The summed E-state index contributed by atoms with van der Waals surface area (Å²) in [5.41, 5.74) is 1.84. The third-order valence-electron chi connectivity index (χ3n) is 5.61. The van der Waals surface area contributed by atoms with Gasteiger partial charge in [0.1, 0.15) is 0 Å². The fourth-order valence-electron chi connectivity index (χ4n) is 3.96. The predicted octanol–water partition coefficient (Wildman–Crippen LogP) is 2.36. The van der Waals surface area contributed by atoms with Gasteiger partial charge in [-0.15, -0.1) is 0 Å². The molecule has 0 aliphatic carbocycles. The Morgan fingerprint density at radius 1 is 1.26 bits per heavy atom. The number of hydrogen-bond acceptors (Lipinski definition) is 4. The molecule has 1 fully saturated rings. The molecule has 31 heavy (non-hydrogen) atoms. The van der Waals surface area contributed by atoms with Crippen LogP contribution in [0.25, 0.3) is 0 Å². The molecule has 0 radical (unpaired) electrons. The first-order valence-corrected chi connectivity index (χ1v) is 12.5. The van der Waals surface area contributed by atoms with Gasteiger partial charge in [0.25, 0.3) is 0 Å². The maximum absolute atomic E-state index is 13.6. The molecule has 2 aliphatic heterocycles. The molecule has 2 aromatic carbocycles. The van der Waals surface area contributed by atoms with Crippen LogP contribution in [0.4, 0.5) is 5.69 Å². The van der Waals surface area contributed by atoms with Gasteiger partial charge in [0, 0.05) is 0 Å². The van der Waals surface area contributed by atoms with E-state index in [-0.39, 0.29) is 33.1 Å². The fraction of sp³-hybridized carbons (Fsp3) is 0.417. The van der Waals surface area contributed by atoms with Gasteiger partial charge in [-0.25, -0.2) is 0 Å². The van der Waals surface area contributed by atoms with Gasteiger partial charge < -0.3 is 0 Å². The van der Waals surface area contributed by atoms with Crippen LogP contribution < -0.4 is 19.4 Å². The van der Waals surface area contributed by atoms with E-state index in [1.54, 1.807) is 18.9 Å². The Bertz CT molecular complexity index is 946. The van der Waals surface area contributed by atoms with Gasteiger partial charge in [0.2, 0.25) is 0 Å². The molecule has 0 spiro atoms. The van der Waals surface area contributed by atoms with Crippen molar-refractivity contribution < 1.29 is 19.1 Å². The van der Waals surface area contributed by atoms with Gasteiger partial charge >= 0.3 is 189 Å². The molecule has 2 unspecified atom stereocenters. The molecule has 1 N–H and O–H groups in total. The van der Waals surface area contributed by atoms with Crippen LogP contribution in [-0.4, -0.2) is 51.2 Å². The number of likely N-dealkylation sites (N-methyl/N-ethyl adjacent to an activating group) is 1. The number of anilines is 1. The second-order valence-electron chi connectivity index (χ2n) is 7.89. The van der Waals surface area contributed by atoms with Crippen LogP contribution in [0.1, 0.15) is 38.2 Å². The number of amides is 2.